The van der Waals surface area contributed by atoms with E-state index in [4.69, 9.17) is 4.18 Å². The van der Waals surface area contributed by atoms with E-state index in [-0.39, 0.29) is 44.8 Å². The second-order valence-corrected chi connectivity index (χ2v) is 7.51. The van der Waals surface area contributed by atoms with Crippen molar-refractivity contribution in [2.45, 2.75) is 4.90 Å². The minimum Gasteiger partial charge on any atom is -0.508 e. The highest BCUT2D eigenvalue weighted by molar-refractivity contribution is 7.87. The maximum Gasteiger partial charge on any atom is 0.339 e. The lowest BCUT2D eigenvalue weighted by atomic mass is 10.1. The van der Waals surface area contributed by atoms with Gasteiger partial charge in [0.05, 0.1) is 0 Å². The van der Waals surface area contributed by atoms with Crippen LogP contribution < -0.4 is 4.18 Å². The molecule has 0 aromatic heterocycles. The van der Waals surface area contributed by atoms with Crippen molar-refractivity contribution < 1.29 is 32.7 Å². The molecule has 0 aliphatic rings. The molecule has 3 aromatic rings. The molecule has 29 heavy (non-hydrogen) atoms. The van der Waals surface area contributed by atoms with Crippen LogP contribution in [0.4, 0.5) is 0 Å². The third-order valence-electron chi connectivity index (χ3n) is 3.93. The zero-order chi connectivity index (χ0) is 21.0. The van der Waals surface area contributed by atoms with Gasteiger partial charge in [-0.3, -0.25) is 4.79 Å². The summed E-state index contributed by atoms with van der Waals surface area (Å²) in [5, 5.41) is 28.4. The van der Waals surface area contributed by atoms with Crippen LogP contribution in [0.3, 0.4) is 0 Å². The molecule has 0 radical (unpaired) electrons. The summed E-state index contributed by atoms with van der Waals surface area (Å²) in [6.45, 7) is 0. The Morgan fingerprint density at radius 2 is 1.52 bits per heavy atom. The number of allylic oxidation sites excluding steroid dienone is 1. The summed E-state index contributed by atoms with van der Waals surface area (Å²) in [6, 6.07) is 14.7. The van der Waals surface area contributed by atoms with Crippen LogP contribution in [0.1, 0.15) is 15.9 Å². The molecule has 3 N–H and O–H groups in total. The van der Waals surface area contributed by atoms with Crippen molar-refractivity contribution in [1.82, 2.24) is 0 Å². The highest BCUT2D eigenvalue weighted by Gasteiger charge is 2.16. The smallest absolute Gasteiger partial charge is 0.339 e. The number of carbonyl (C=O) groups excluding carboxylic acids is 1. The van der Waals surface area contributed by atoms with Gasteiger partial charge in [0.25, 0.3) is 0 Å². The van der Waals surface area contributed by atoms with E-state index in [2.05, 4.69) is 0 Å². The van der Waals surface area contributed by atoms with Gasteiger partial charge in [-0.1, -0.05) is 12.1 Å². The van der Waals surface area contributed by atoms with Crippen molar-refractivity contribution in [2.24, 2.45) is 0 Å². The summed E-state index contributed by atoms with van der Waals surface area (Å²) >= 11 is 0. The van der Waals surface area contributed by atoms with Crippen LogP contribution in [0.5, 0.6) is 23.0 Å². The number of ketones is 1. The topological polar surface area (TPSA) is 121 Å². The van der Waals surface area contributed by atoms with Crippen LogP contribution in [0, 0.1) is 0 Å². The lowest BCUT2D eigenvalue weighted by Crippen LogP contribution is -2.09. The first-order valence-electron chi connectivity index (χ1n) is 8.33. The van der Waals surface area contributed by atoms with Crippen molar-refractivity contribution in [3.05, 3.63) is 83.9 Å². The van der Waals surface area contributed by atoms with Crippen LogP contribution >= 0.6 is 0 Å². The molecule has 0 heterocycles. The Hall–Kier alpha value is -3.78. The molecule has 0 fully saturated rings. The first kappa shape index (κ1) is 20.0. The molecule has 148 valence electrons. The number of phenols is 3. The number of aromatic hydroxyl groups is 3. The molecule has 3 aromatic carbocycles. The number of carbonyl (C=O) groups is 1. The van der Waals surface area contributed by atoms with E-state index < -0.39 is 10.1 Å². The second kappa shape index (κ2) is 8.07. The van der Waals surface area contributed by atoms with Crippen LogP contribution in [0.15, 0.2) is 77.7 Å². The fraction of sp³-hybridized carbons (Fsp3) is 0. The quantitative estimate of drug-likeness (QED) is 0.245. The predicted molar refractivity (Wildman–Crippen MR) is 105 cm³/mol. The van der Waals surface area contributed by atoms with Crippen LogP contribution in [0.2, 0.25) is 0 Å². The van der Waals surface area contributed by atoms with E-state index in [1.165, 1.54) is 78.9 Å². The van der Waals surface area contributed by atoms with Crippen molar-refractivity contribution in [1.29, 1.82) is 0 Å². The standard InChI is InChI=1S/C21H16O7S/c22-16-7-11-18(12-8-16)29(26,27)28-17-9-4-14(5-10-17)19(23)13-6-15-2-1-3-20(24)21(15)25/h1-13,22,24-25H/b13-6+. The molecule has 0 atom stereocenters. The zero-order valence-corrected chi connectivity index (χ0v) is 15.7. The molecule has 0 spiro atoms. The van der Waals surface area contributed by atoms with Gasteiger partial charge in [-0.2, -0.15) is 8.42 Å². The number of phenolic OH excluding ortho intramolecular Hbond substituents is 3. The molecule has 0 amide bonds. The van der Waals surface area contributed by atoms with Crippen molar-refractivity contribution >= 4 is 22.0 Å². The van der Waals surface area contributed by atoms with Gasteiger partial charge in [-0.15, -0.1) is 0 Å². The minimum atomic E-state index is -4.08. The molecule has 3 rings (SSSR count). The van der Waals surface area contributed by atoms with Gasteiger partial charge >= 0.3 is 10.1 Å². The maximum absolute atomic E-state index is 12.3. The van der Waals surface area contributed by atoms with Crippen LogP contribution in [0.25, 0.3) is 6.08 Å². The number of benzene rings is 3. The van der Waals surface area contributed by atoms with E-state index in [1.807, 2.05) is 0 Å². The van der Waals surface area contributed by atoms with Crippen molar-refractivity contribution in [3.63, 3.8) is 0 Å². The molecule has 0 saturated heterocycles. The van der Waals surface area contributed by atoms with Gasteiger partial charge < -0.3 is 19.5 Å². The molecule has 0 bridgehead atoms. The fourth-order valence-electron chi connectivity index (χ4n) is 2.41. The Labute approximate surface area is 166 Å². The number of rotatable bonds is 6. The fourth-order valence-corrected chi connectivity index (χ4v) is 3.34. The van der Waals surface area contributed by atoms with Gasteiger partial charge in [0.1, 0.15) is 16.4 Å². The molecule has 0 unspecified atom stereocenters. The number of hydrogen-bond acceptors (Lipinski definition) is 7. The first-order chi connectivity index (χ1) is 13.8. The first-order valence-corrected chi connectivity index (χ1v) is 9.74. The number of hydrogen-bond donors (Lipinski definition) is 3. The van der Waals surface area contributed by atoms with E-state index in [1.54, 1.807) is 0 Å². The SMILES string of the molecule is O=C(/C=C/c1cccc(O)c1O)c1ccc(OS(=O)(=O)c2ccc(O)cc2)cc1. The van der Waals surface area contributed by atoms with Gasteiger partial charge in [0.15, 0.2) is 17.3 Å². The van der Waals surface area contributed by atoms with Crippen molar-refractivity contribution in [3.8, 4) is 23.0 Å². The third-order valence-corrected chi connectivity index (χ3v) is 5.19. The Morgan fingerprint density at radius 1 is 0.862 bits per heavy atom. The van der Waals surface area contributed by atoms with E-state index in [9.17, 15) is 28.5 Å². The Bertz CT molecular complexity index is 1160. The molecule has 8 heteroatoms. The molecular weight excluding hydrogens is 396 g/mol. The monoisotopic (exact) mass is 412 g/mol. The third kappa shape index (κ3) is 4.74. The van der Waals surface area contributed by atoms with Gasteiger partial charge in [0, 0.05) is 11.1 Å². The molecular formula is C21H16O7S. The van der Waals surface area contributed by atoms with E-state index in [0.29, 0.717) is 0 Å². The van der Waals surface area contributed by atoms with Crippen LogP contribution in [-0.2, 0) is 10.1 Å². The predicted octanol–water partition coefficient (Wildman–Crippen LogP) is 3.47. The summed E-state index contributed by atoms with van der Waals surface area (Å²) < 4.78 is 29.5. The summed E-state index contributed by atoms with van der Waals surface area (Å²) in [7, 11) is -4.08. The van der Waals surface area contributed by atoms with E-state index in [0.717, 1.165) is 0 Å². The maximum atomic E-state index is 12.3. The molecule has 0 aliphatic heterocycles. The summed E-state index contributed by atoms with van der Waals surface area (Å²) in [5.41, 5.74) is 0.550. The number of para-hydroxylation sites is 1. The summed E-state index contributed by atoms with van der Waals surface area (Å²) in [4.78, 5) is 12.1. The minimum absolute atomic E-state index is 0.0178. The van der Waals surface area contributed by atoms with Gasteiger partial charge in [-0.05, 0) is 66.7 Å². The van der Waals surface area contributed by atoms with Gasteiger partial charge in [0.2, 0.25) is 0 Å². The lowest BCUT2D eigenvalue weighted by Gasteiger charge is -2.07. The Morgan fingerprint density at radius 3 is 2.17 bits per heavy atom. The lowest BCUT2D eigenvalue weighted by molar-refractivity contribution is 0.104. The Kier molecular flexibility index (Phi) is 5.56. The summed E-state index contributed by atoms with van der Waals surface area (Å²) in [6.07, 6.45) is 2.58. The van der Waals surface area contributed by atoms with Crippen molar-refractivity contribution in [2.75, 3.05) is 0 Å². The van der Waals surface area contributed by atoms with Gasteiger partial charge in [-0.25, -0.2) is 0 Å². The van der Waals surface area contributed by atoms with E-state index >= 15 is 0 Å². The highest BCUT2D eigenvalue weighted by atomic mass is 32.2. The zero-order valence-electron chi connectivity index (χ0n) is 14.9. The molecule has 0 saturated carbocycles. The molecule has 0 aliphatic carbocycles. The molecule has 7 nitrogen and oxygen atoms in total. The van der Waals surface area contributed by atoms with Crippen LogP contribution in [-0.4, -0.2) is 29.5 Å². The average Bonchev–Trinajstić information content (AvgIpc) is 2.69. The highest BCUT2D eigenvalue weighted by Crippen LogP contribution is 2.29. The summed E-state index contributed by atoms with van der Waals surface area (Å²) in [5.74, 6) is -1.07. The largest absolute Gasteiger partial charge is 0.508 e. The average molecular weight is 412 g/mol. The second-order valence-electron chi connectivity index (χ2n) is 5.97. The Balaban J connectivity index is 1.72. The normalized spacial score (nSPS) is 11.4.